The van der Waals surface area contributed by atoms with Crippen LogP contribution in [-0.2, 0) is 6.42 Å². The van der Waals surface area contributed by atoms with Crippen LogP contribution in [0.2, 0.25) is 0 Å². The van der Waals surface area contributed by atoms with E-state index in [0.29, 0.717) is 0 Å². The second-order valence-corrected chi connectivity index (χ2v) is 4.96. The van der Waals surface area contributed by atoms with Crippen molar-refractivity contribution >= 4 is 0 Å². The van der Waals surface area contributed by atoms with Gasteiger partial charge in [-0.05, 0) is 39.1 Å². The van der Waals surface area contributed by atoms with Crippen LogP contribution >= 0.6 is 0 Å². The monoisotopic (exact) mass is 235 g/mol. The topological polar surface area (TPSA) is 42.1 Å². The molecule has 1 atom stereocenters. The molecule has 3 nitrogen and oxygen atoms in total. The molecule has 0 spiro atoms. The molecule has 0 aromatic carbocycles. The van der Waals surface area contributed by atoms with E-state index in [2.05, 4.69) is 37.6 Å². The molecule has 2 N–H and O–H groups in total. The largest absolute Gasteiger partial charge is 0.326 e. The van der Waals surface area contributed by atoms with Gasteiger partial charge in [-0.15, -0.1) is 0 Å². The Morgan fingerprint density at radius 1 is 1.29 bits per heavy atom. The van der Waals surface area contributed by atoms with Gasteiger partial charge in [0.25, 0.3) is 0 Å². The second-order valence-electron chi connectivity index (χ2n) is 4.96. The van der Waals surface area contributed by atoms with Crippen molar-refractivity contribution in [2.75, 3.05) is 13.1 Å². The fourth-order valence-corrected chi connectivity index (χ4v) is 2.27. The van der Waals surface area contributed by atoms with Crippen molar-refractivity contribution in [3.8, 4) is 0 Å². The van der Waals surface area contributed by atoms with Crippen LogP contribution in [0.3, 0.4) is 0 Å². The van der Waals surface area contributed by atoms with Crippen molar-refractivity contribution in [3.05, 3.63) is 30.1 Å². The molecule has 0 aliphatic heterocycles. The average Bonchev–Trinajstić information content (AvgIpc) is 2.31. The molecule has 1 aromatic heterocycles. The van der Waals surface area contributed by atoms with Gasteiger partial charge in [-0.3, -0.25) is 9.88 Å². The molecule has 0 fully saturated rings. The lowest BCUT2D eigenvalue weighted by atomic mass is 9.89. The Morgan fingerprint density at radius 3 is 2.41 bits per heavy atom. The van der Waals surface area contributed by atoms with Crippen LogP contribution in [-0.4, -0.2) is 34.6 Å². The van der Waals surface area contributed by atoms with Gasteiger partial charge in [-0.2, -0.15) is 0 Å². The quantitative estimate of drug-likeness (QED) is 0.821. The molecular formula is C14H25N3. The Morgan fingerprint density at radius 2 is 1.94 bits per heavy atom. The first-order chi connectivity index (χ1) is 8.02. The maximum absolute atomic E-state index is 6.35. The summed E-state index contributed by atoms with van der Waals surface area (Å²) < 4.78 is 0. The third-order valence-electron chi connectivity index (χ3n) is 3.64. The zero-order valence-electron chi connectivity index (χ0n) is 11.5. The van der Waals surface area contributed by atoms with Crippen LogP contribution in [0, 0.1) is 0 Å². The van der Waals surface area contributed by atoms with Crippen LogP contribution in [0.4, 0.5) is 0 Å². The molecule has 0 radical (unpaired) electrons. The summed E-state index contributed by atoms with van der Waals surface area (Å²) in [6, 6.07) is 6.08. The van der Waals surface area contributed by atoms with Crippen molar-refractivity contribution in [2.45, 2.75) is 45.7 Å². The highest BCUT2D eigenvalue weighted by molar-refractivity contribution is 5.07. The SMILES string of the molecule is CCN(CC)C(C)(C)C(N)Cc1ccccn1. The Balaban J connectivity index is 2.71. The standard InChI is InChI=1S/C14H25N3/c1-5-17(6-2)14(3,4)13(15)11-12-9-7-8-10-16-12/h7-10,13H,5-6,11,15H2,1-4H3. The summed E-state index contributed by atoms with van der Waals surface area (Å²) in [7, 11) is 0. The third-order valence-corrected chi connectivity index (χ3v) is 3.64. The third kappa shape index (κ3) is 3.51. The van der Waals surface area contributed by atoms with Gasteiger partial charge in [0, 0.05) is 29.9 Å². The molecule has 0 aliphatic rings. The number of pyridine rings is 1. The predicted molar refractivity (Wildman–Crippen MR) is 72.9 cm³/mol. The van der Waals surface area contributed by atoms with E-state index in [1.165, 1.54) is 0 Å². The smallest absolute Gasteiger partial charge is 0.0419 e. The fraction of sp³-hybridized carbons (Fsp3) is 0.643. The van der Waals surface area contributed by atoms with Crippen LogP contribution in [0.15, 0.2) is 24.4 Å². The number of nitrogens with two attached hydrogens (primary N) is 1. The van der Waals surface area contributed by atoms with Crippen LogP contribution in [0.5, 0.6) is 0 Å². The summed E-state index contributed by atoms with van der Waals surface area (Å²) in [5.74, 6) is 0. The summed E-state index contributed by atoms with van der Waals surface area (Å²) in [6.07, 6.45) is 2.65. The van der Waals surface area contributed by atoms with Crippen molar-refractivity contribution in [2.24, 2.45) is 5.73 Å². The van der Waals surface area contributed by atoms with Crippen molar-refractivity contribution < 1.29 is 0 Å². The predicted octanol–water partition coefficient (Wildman–Crippen LogP) is 2.07. The maximum Gasteiger partial charge on any atom is 0.0419 e. The van der Waals surface area contributed by atoms with Gasteiger partial charge in [0.15, 0.2) is 0 Å². The van der Waals surface area contributed by atoms with E-state index in [1.54, 1.807) is 0 Å². The molecule has 17 heavy (non-hydrogen) atoms. The molecular weight excluding hydrogens is 210 g/mol. The molecule has 1 rings (SSSR count). The van der Waals surface area contributed by atoms with Gasteiger partial charge in [0.1, 0.15) is 0 Å². The van der Waals surface area contributed by atoms with Crippen molar-refractivity contribution in [1.29, 1.82) is 0 Å². The second kappa shape index (κ2) is 6.12. The number of hydrogen-bond donors (Lipinski definition) is 1. The summed E-state index contributed by atoms with van der Waals surface area (Å²) in [6.45, 7) is 10.8. The van der Waals surface area contributed by atoms with Gasteiger partial charge in [0.2, 0.25) is 0 Å². The van der Waals surface area contributed by atoms with Gasteiger partial charge >= 0.3 is 0 Å². The van der Waals surface area contributed by atoms with E-state index in [-0.39, 0.29) is 11.6 Å². The van der Waals surface area contributed by atoms with Crippen LogP contribution in [0.25, 0.3) is 0 Å². The Hall–Kier alpha value is -0.930. The van der Waals surface area contributed by atoms with E-state index in [9.17, 15) is 0 Å². The summed E-state index contributed by atoms with van der Waals surface area (Å²) >= 11 is 0. The number of aromatic nitrogens is 1. The molecule has 1 aromatic rings. The molecule has 1 heterocycles. The Labute approximate surface area is 105 Å². The number of nitrogens with zero attached hydrogens (tertiary/aromatic N) is 2. The normalized spacial score (nSPS) is 14.0. The lowest BCUT2D eigenvalue weighted by Crippen LogP contribution is -2.56. The highest BCUT2D eigenvalue weighted by Gasteiger charge is 2.31. The van der Waals surface area contributed by atoms with Crippen LogP contribution < -0.4 is 5.73 Å². The van der Waals surface area contributed by atoms with E-state index in [0.717, 1.165) is 25.2 Å². The van der Waals surface area contributed by atoms with E-state index in [4.69, 9.17) is 5.73 Å². The van der Waals surface area contributed by atoms with E-state index < -0.39 is 0 Å². The first-order valence-corrected chi connectivity index (χ1v) is 6.42. The summed E-state index contributed by atoms with van der Waals surface area (Å²) in [5.41, 5.74) is 7.42. The van der Waals surface area contributed by atoms with Crippen molar-refractivity contribution in [3.63, 3.8) is 0 Å². The van der Waals surface area contributed by atoms with Gasteiger partial charge < -0.3 is 5.73 Å². The molecule has 0 aliphatic carbocycles. The maximum atomic E-state index is 6.35. The lowest BCUT2D eigenvalue weighted by Gasteiger charge is -2.41. The lowest BCUT2D eigenvalue weighted by molar-refractivity contribution is 0.106. The highest BCUT2D eigenvalue weighted by Crippen LogP contribution is 2.19. The number of rotatable bonds is 6. The molecule has 3 heteroatoms. The molecule has 0 amide bonds. The molecule has 1 unspecified atom stereocenters. The van der Waals surface area contributed by atoms with Gasteiger partial charge in [-0.1, -0.05) is 19.9 Å². The first kappa shape index (κ1) is 14.1. The number of hydrogen-bond acceptors (Lipinski definition) is 3. The zero-order valence-corrected chi connectivity index (χ0v) is 11.5. The van der Waals surface area contributed by atoms with E-state index in [1.807, 2.05) is 24.4 Å². The Bertz CT molecular complexity index is 317. The van der Waals surface area contributed by atoms with Crippen molar-refractivity contribution in [1.82, 2.24) is 9.88 Å². The van der Waals surface area contributed by atoms with E-state index >= 15 is 0 Å². The first-order valence-electron chi connectivity index (χ1n) is 6.42. The Kier molecular flexibility index (Phi) is 5.09. The van der Waals surface area contributed by atoms with Gasteiger partial charge in [0.05, 0.1) is 0 Å². The summed E-state index contributed by atoms with van der Waals surface area (Å²) in [4.78, 5) is 6.75. The minimum absolute atomic E-state index is 0.00101. The van der Waals surface area contributed by atoms with Gasteiger partial charge in [-0.25, -0.2) is 0 Å². The number of likely N-dealkylation sites (N-methyl/N-ethyl adjacent to an activating group) is 1. The molecule has 0 bridgehead atoms. The fourth-order valence-electron chi connectivity index (χ4n) is 2.27. The average molecular weight is 235 g/mol. The molecule has 0 saturated carbocycles. The zero-order chi connectivity index (χ0) is 12.9. The molecule has 96 valence electrons. The minimum Gasteiger partial charge on any atom is -0.326 e. The van der Waals surface area contributed by atoms with Crippen LogP contribution in [0.1, 0.15) is 33.4 Å². The summed E-state index contributed by atoms with van der Waals surface area (Å²) in [5, 5.41) is 0. The molecule has 0 saturated heterocycles. The minimum atomic E-state index is 0.00101. The highest BCUT2D eigenvalue weighted by atomic mass is 15.2.